The van der Waals surface area contributed by atoms with E-state index in [-0.39, 0.29) is 11.3 Å². The van der Waals surface area contributed by atoms with E-state index in [1.807, 2.05) is 0 Å². The Morgan fingerprint density at radius 2 is 1.94 bits per heavy atom. The molecule has 1 aliphatic rings. The standard InChI is InChI=1S/C22H25N5O3S/c1-15-13-16(2)20-19(14-15)31-22(24-20)26-11-9-25(10-12-26)8-7-23-21(28)17-5-3-4-6-18(17)27(29)30/h3-6,13-14H,7-12H2,1-2H3,(H,23,28). The fraction of sp³-hybridized carbons (Fsp3) is 0.364. The Balaban J connectivity index is 1.29. The lowest BCUT2D eigenvalue weighted by Gasteiger charge is -2.34. The van der Waals surface area contributed by atoms with Gasteiger partial charge in [-0.2, -0.15) is 0 Å². The number of aryl methyl sites for hydroxylation is 2. The maximum atomic E-state index is 12.3. The summed E-state index contributed by atoms with van der Waals surface area (Å²) >= 11 is 1.74. The molecule has 0 saturated carbocycles. The maximum absolute atomic E-state index is 12.3. The van der Waals surface area contributed by atoms with Crippen molar-refractivity contribution < 1.29 is 9.72 Å². The van der Waals surface area contributed by atoms with Crippen LogP contribution in [0.4, 0.5) is 10.8 Å². The first kappa shape index (κ1) is 21.2. The van der Waals surface area contributed by atoms with E-state index in [4.69, 9.17) is 4.98 Å². The Bertz CT molecular complexity index is 1120. The molecule has 1 saturated heterocycles. The average Bonchev–Trinajstić information content (AvgIpc) is 3.18. The summed E-state index contributed by atoms with van der Waals surface area (Å²) in [6.45, 7) is 8.91. The number of carbonyl (C=O) groups is 1. The number of fused-ring (bicyclic) bond motifs is 1. The Labute approximate surface area is 184 Å². The van der Waals surface area contributed by atoms with Crippen molar-refractivity contribution in [2.24, 2.45) is 0 Å². The molecule has 0 spiro atoms. The molecule has 1 fully saturated rings. The first-order valence-electron chi connectivity index (χ1n) is 10.3. The largest absolute Gasteiger partial charge is 0.351 e. The highest BCUT2D eigenvalue weighted by Gasteiger charge is 2.22. The molecule has 162 valence electrons. The van der Waals surface area contributed by atoms with Gasteiger partial charge in [0.05, 0.1) is 15.1 Å². The van der Waals surface area contributed by atoms with Crippen molar-refractivity contribution >= 4 is 38.3 Å². The van der Waals surface area contributed by atoms with Gasteiger partial charge in [0.25, 0.3) is 11.6 Å². The van der Waals surface area contributed by atoms with Gasteiger partial charge in [0, 0.05) is 45.3 Å². The zero-order valence-corrected chi connectivity index (χ0v) is 18.4. The Hall–Kier alpha value is -3.04. The number of carbonyl (C=O) groups excluding carboxylic acids is 1. The van der Waals surface area contributed by atoms with Crippen LogP contribution in [0, 0.1) is 24.0 Å². The first-order valence-corrected chi connectivity index (χ1v) is 11.1. The molecular weight excluding hydrogens is 414 g/mol. The highest BCUT2D eigenvalue weighted by molar-refractivity contribution is 7.22. The zero-order valence-electron chi connectivity index (χ0n) is 17.6. The van der Waals surface area contributed by atoms with Gasteiger partial charge in [-0.25, -0.2) is 4.98 Å². The van der Waals surface area contributed by atoms with Gasteiger partial charge in [0.15, 0.2) is 5.13 Å². The van der Waals surface area contributed by atoms with Crippen LogP contribution >= 0.6 is 11.3 Å². The first-order chi connectivity index (χ1) is 14.9. The van der Waals surface area contributed by atoms with E-state index in [9.17, 15) is 14.9 Å². The predicted octanol–water partition coefficient (Wildman–Crippen LogP) is 3.37. The van der Waals surface area contributed by atoms with E-state index in [2.05, 4.69) is 41.1 Å². The van der Waals surface area contributed by atoms with Crippen LogP contribution in [0.15, 0.2) is 36.4 Å². The summed E-state index contributed by atoms with van der Waals surface area (Å²) in [5.41, 5.74) is 3.48. The summed E-state index contributed by atoms with van der Waals surface area (Å²) in [7, 11) is 0. The second kappa shape index (κ2) is 8.99. The van der Waals surface area contributed by atoms with E-state index < -0.39 is 10.8 Å². The van der Waals surface area contributed by atoms with Crippen molar-refractivity contribution in [3.05, 3.63) is 63.2 Å². The molecule has 1 aliphatic heterocycles. The fourth-order valence-corrected chi connectivity index (χ4v) is 5.10. The lowest BCUT2D eigenvalue weighted by atomic mass is 10.1. The van der Waals surface area contributed by atoms with Crippen LogP contribution in [0.5, 0.6) is 0 Å². The number of hydrogen-bond acceptors (Lipinski definition) is 7. The number of nitrogens with zero attached hydrogens (tertiary/aromatic N) is 4. The number of para-hydroxylation sites is 1. The average molecular weight is 440 g/mol. The van der Waals surface area contributed by atoms with E-state index in [0.717, 1.165) is 36.8 Å². The van der Waals surface area contributed by atoms with Crippen LogP contribution in [-0.2, 0) is 0 Å². The van der Waals surface area contributed by atoms with Crippen LogP contribution in [0.25, 0.3) is 10.2 Å². The molecule has 0 atom stereocenters. The number of anilines is 1. The monoisotopic (exact) mass is 439 g/mol. The van der Waals surface area contributed by atoms with E-state index in [1.165, 1.54) is 28.0 Å². The van der Waals surface area contributed by atoms with E-state index >= 15 is 0 Å². The van der Waals surface area contributed by atoms with Crippen LogP contribution in [0.3, 0.4) is 0 Å². The van der Waals surface area contributed by atoms with Crippen molar-refractivity contribution in [3.8, 4) is 0 Å². The van der Waals surface area contributed by atoms with Gasteiger partial charge in [-0.1, -0.05) is 29.5 Å². The molecule has 4 rings (SSSR count). The van der Waals surface area contributed by atoms with Crippen molar-refractivity contribution in [1.29, 1.82) is 0 Å². The summed E-state index contributed by atoms with van der Waals surface area (Å²) in [5, 5.41) is 15.0. The van der Waals surface area contributed by atoms with Gasteiger partial charge < -0.3 is 10.2 Å². The SMILES string of the molecule is Cc1cc(C)c2nc(N3CCN(CCNC(=O)c4ccccc4[N+](=O)[O-])CC3)sc2c1. The molecule has 2 heterocycles. The zero-order chi connectivity index (χ0) is 22.0. The van der Waals surface area contributed by atoms with E-state index in [1.54, 1.807) is 23.5 Å². The predicted molar refractivity (Wildman–Crippen MR) is 123 cm³/mol. The third-order valence-corrected chi connectivity index (χ3v) is 6.58. The number of nitrogens with one attached hydrogen (secondary N) is 1. The van der Waals surface area contributed by atoms with Crippen molar-refractivity contribution in [3.63, 3.8) is 0 Å². The van der Waals surface area contributed by atoms with Crippen LogP contribution in [0.2, 0.25) is 0 Å². The molecule has 31 heavy (non-hydrogen) atoms. The number of thiazole rings is 1. The van der Waals surface area contributed by atoms with Gasteiger partial charge >= 0.3 is 0 Å². The lowest BCUT2D eigenvalue weighted by molar-refractivity contribution is -0.385. The molecule has 0 aliphatic carbocycles. The second-order valence-electron chi connectivity index (χ2n) is 7.78. The van der Waals surface area contributed by atoms with Gasteiger partial charge in [-0.15, -0.1) is 0 Å². The van der Waals surface area contributed by atoms with Gasteiger partial charge in [0.1, 0.15) is 5.56 Å². The molecule has 0 radical (unpaired) electrons. The Morgan fingerprint density at radius 1 is 1.19 bits per heavy atom. The third-order valence-electron chi connectivity index (χ3n) is 5.52. The molecule has 8 nitrogen and oxygen atoms in total. The quantitative estimate of drug-likeness (QED) is 0.468. The van der Waals surface area contributed by atoms with Gasteiger partial charge in [0.2, 0.25) is 0 Å². The number of nitro benzene ring substituents is 1. The third kappa shape index (κ3) is 4.67. The molecule has 0 unspecified atom stereocenters. The molecule has 2 aromatic carbocycles. The molecule has 0 bridgehead atoms. The number of hydrogen-bond donors (Lipinski definition) is 1. The number of piperazine rings is 1. The minimum atomic E-state index is -0.529. The summed E-state index contributed by atoms with van der Waals surface area (Å²) < 4.78 is 1.23. The molecule has 1 amide bonds. The Kier molecular flexibility index (Phi) is 6.15. The van der Waals surface area contributed by atoms with Crippen molar-refractivity contribution in [2.45, 2.75) is 13.8 Å². The van der Waals surface area contributed by atoms with Crippen LogP contribution in [-0.4, -0.2) is 60.0 Å². The van der Waals surface area contributed by atoms with Crippen LogP contribution in [0.1, 0.15) is 21.5 Å². The number of benzene rings is 2. The minimum Gasteiger partial charge on any atom is -0.351 e. The molecule has 1 aromatic heterocycles. The van der Waals surface area contributed by atoms with E-state index in [0.29, 0.717) is 13.1 Å². The lowest BCUT2D eigenvalue weighted by Crippen LogP contribution is -2.48. The molecule has 9 heteroatoms. The topological polar surface area (TPSA) is 91.6 Å². The number of nitro groups is 1. The molecule has 1 N–H and O–H groups in total. The second-order valence-corrected chi connectivity index (χ2v) is 8.79. The fourth-order valence-electron chi connectivity index (χ4n) is 3.90. The van der Waals surface area contributed by atoms with Gasteiger partial charge in [-0.3, -0.25) is 19.8 Å². The maximum Gasteiger partial charge on any atom is 0.282 e. The summed E-state index contributed by atoms with van der Waals surface area (Å²) in [6.07, 6.45) is 0. The van der Waals surface area contributed by atoms with Gasteiger partial charge in [-0.05, 0) is 37.1 Å². The number of rotatable bonds is 6. The van der Waals surface area contributed by atoms with Crippen LogP contribution < -0.4 is 10.2 Å². The minimum absolute atomic E-state index is 0.0960. The molecule has 3 aromatic rings. The summed E-state index contributed by atoms with van der Waals surface area (Å²) in [4.78, 5) is 32.4. The Morgan fingerprint density at radius 3 is 2.68 bits per heavy atom. The normalized spacial score (nSPS) is 14.7. The van der Waals surface area contributed by atoms with Crippen molar-refractivity contribution in [2.75, 3.05) is 44.2 Å². The number of amides is 1. The molecular formula is C22H25N5O3S. The highest BCUT2D eigenvalue weighted by Crippen LogP contribution is 2.32. The number of aromatic nitrogens is 1. The van der Waals surface area contributed by atoms with Crippen molar-refractivity contribution in [1.82, 2.24) is 15.2 Å². The highest BCUT2D eigenvalue weighted by atomic mass is 32.1. The summed E-state index contributed by atoms with van der Waals surface area (Å²) in [5.74, 6) is -0.411. The smallest absolute Gasteiger partial charge is 0.282 e. The summed E-state index contributed by atoms with van der Waals surface area (Å²) in [6, 6.07) is 10.4.